The second-order valence-corrected chi connectivity index (χ2v) is 10.0. The molecule has 0 aliphatic carbocycles. The summed E-state index contributed by atoms with van der Waals surface area (Å²) in [6, 6.07) is 28.2. The Labute approximate surface area is 229 Å². The Hall–Kier alpha value is -3.77. The molecule has 0 aliphatic rings. The summed E-state index contributed by atoms with van der Waals surface area (Å²) < 4.78 is 5.37. The van der Waals surface area contributed by atoms with E-state index >= 15 is 0 Å². The number of aromatic hydroxyl groups is 1. The van der Waals surface area contributed by atoms with Crippen molar-refractivity contribution < 1.29 is 14.3 Å². The molecule has 0 spiro atoms. The average Bonchev–Trinajstić information content (AvgIpc) is 3.44. The SMILES string of the molecule is O=C(NCCCCCC(=S)CCCC(c1ccccc1)c1ccccc1)c1coc(-c2ccccc2O)n1. The quantitative estimate of drug-likeness (QED) is 0.130. The van der Waals surface area contributed by atoms with E-state index < -0.39 is 0 Å². The molecule has 0 fully saturated rings. The van der Waals surface area contributed by atoms with E-state index in [9.17, 15) is 9.90 Å². The van der Waals surface area contributed by atoms with Gasteiger partial charge in [0.25, 0.3) is 5.91 Å². The molecule has 0 saturated heterocycles. The van der Waals surface area contributed by atoms with Gasteiger partial charge in [-0.25, -0.2) is 4.98 Å². The molecule has 1 heterocycles. The number of unbranched alkanes of at least 4 members (excludes halogenated alkanes) is 2. The summed E-state index contributed by atoms with van der Waals surface area (Å²) >= 11 is 5.67. The lowest BCUT2D eigenvalue weighted by molar-refractivity contribution is 0.0948. The topological polar surface area (TPSA) is 75.4 Å². The molecule has 0 saturated carbocycles. The average molecular weight is 527 g/mol. The number of para-hydroxylation sites is 1. The predicted molar refractivity (Wildman–Crippen MR) is 156 cm³/mol. The van der Waals surface area contributed by atoms with Gasteiger partial charge in [0.1, 0.15) is 12.0 Å². The number of amides is 1. The minimum atomic E-state index is -0.280. The van der Waals surface area contributed by atoms with Gasteiger partial charge in [0, 0.05) is 12.5 Å². The van der Waals surface area contributed by atoms with E-state index in [0.717, 1.165) is 49.8 Å². The van der Waals surface area contributed by atoms with Gasteiger partial charge in [-0.3, -0.25) is 4.79 Å². The van der Waals surface area contributed by atoms with Crippen LogP contribution in [-0.4, -0.2) is 27.4 Å². The summed E-state index contributed by atoms with van der Waals surface area (Å²) in [6.45, 7) is 0.570. The molecule has 4 rings (SSSR count). The Morgan fingerprint density at radius 3 is 2.16 bits per heavy atom. The Kier molecular flexibility index (Phi) is 10.2. The highest BCUT2D eigenvalue weighted by Gasteiger charge is 2.16. The van der Waals surface area contributed by atoms with E-state index in [-0.39, 0.29) is 23.2 Å². The van der Waals surface area contributed by atoms with Gasteiger partial charge in [0.2, 0.25) is 5.89 Å². The normalized spacial score (nSPS) is 11.0. The third kappa shape index (κ3) is 7.86. The van der Waals surface area contributed by atoms with Crippen molar-refractivity contribution in [2.45, 2.75) is 50.9 Å². The molecular formula is C32H34N2O3S. The fraction of sp³-hybridized carbons (Fsp3) is 0.281. The number of carbonyl (C=O) groups excluding carboxylic acids is 1. The molecular weight excluding hydrogens is 492 g/mol. The lowest BCUT2D eigenvalue weighted by atomic mass is 9.87. The molecule has 1 amide bonds. The number of rotatable bonds is 14. The Morgan fingerprint density at radius 2 is 1.47 bits per heavy atom. The predicted octanol–water partition coefficient (Wildman–Crippen LogP) is 7.71. The molecule has 0 radical (unpaired) electrons. The van der Waals surface area contributed by atoms with Crippen LogP contribution < -0.4 is 5.32 Å². The minimum Gasteiger partial charge on any atom is -0.507 e. The summed E-state index contributed by atoms with van der Waals surface area (Å²) in [5.74, 6) is 0.396. The molecule has 38 heavy (non-hydrogen) atoms. The van der Waals surface area contributed by atoms with Crippen molar-refractivity contribution in [2.24, 2.45) is 0 Å². The first kappa shape index (κ1) is 27.3. The lowest BCUT2D eigenvalue weighted by Gasteiger charge is -2.18. The fourth-order valence-electron chi connectivity index (χ4n) is 4.60. The van der Waals surface area contributed by atoms with Crippen LogP contribution in [0.2, 0.25) is 0 Å². The maximum Gasteiger partial charge on any atom is 0.273 e. The zero-order chi connectivity index (χ0) is 26.6. The number of benzene rings is 3. The first-order valence-corrected chi connectivity index (χ1v) is 13.7. The van der Waals surface area contributed by atoms with Crippen molar-refractivity contribution in [3.8, 4) is 17.2 Å². The van der Waals surface area contributed by atoms with Gasteiger partial charge in [-0.15, -0.1) is 0 Å². The van der Waals surface area contributed by atoms with Crippen LogP contribution in [0.1, 0.15) is 72.5 Å². The van der Waals surface area contributed by atoms with Gasteiger partial charge in [-0.05, 0) is 66.6 Å². The van der Waals surface area contributed by atoms with Crippen molar-refractivity contribution in [1.82, 2.24) is 10.3 Å². The number of nitrogens with zero attached hydrogens (tertiary/aromatic N) is 1. The zero-order valence-corrected chi connectivity index (χ0v) is 22.3. The first-order chi connectivity index (χ1) is 18.6. The smallest absolute Gasteiger partial charge is 0.273 e. The molecule has 1 aromatic heterocycles. The largest absolute Gasteiger partial charge is 0.507 e. The molecule has 5 nitrogen and oxygen atoms in total. The molecule has 4 aromatic rings. The third-order valence-corrected chi connectivity index (χ3v) is 7.05. The lowest BCUT2D eigenvalue weighted by Crippen LogP contribution is -2.24. The number of nitrogens with one attached hydrogen (secondary N) is 1. The molecule has 2 N–H and O–H groups in total. The van der Waals surface area contributed by atoms with Gasteiger partial charge >= 0.3 is 0 Å². The molecule has 0 unspecified atom stereocenters. The van der Waals surface area contributed by atoms with Crippen LogP contribution in [0.15, 0.2) is 95.6 Å². The summed E-state index contributed by atoms with van der Waals surface area (Å²) in [5, 5.41) is 12.8. The summed E-state index contributed by atoms with van der Waals surface area (Å²) in [6.07, 6.45) is 8.28. The van der Waals surface area contributed by atoms with Crippen LogP contribution in [0, 0.1) is 0 Å². The van der Waals surface area contributed by atoms with Crippen LogP contribution in [0.3, 0.4) is 0 Å². The molecule has 3 aromatic carbocycles. The Balaban J connectivity index is 1.12. The Bertz CT molecular complexity index is 1270. The van der Waals surface area contributed by atoms with Gasteiger partial charge in [-0.1, -0.05) is 91.4 Å². The second kappa shape index (κ2) is 14.2. The molecule has 0 bridgehead atoms. The number of aromatic nitrogens is 1. The fourth-order valence-corrected chi connectivity index (χ4v) is 4.89. The number of phenols is 1. The zero-order valence-electron chi connectivity index (χ0n) is 21.5. The van der Waals surface area contributed by atoms with Gasteiger partial charge < -0.3 is 14.8 Å². The number of carbonyl (C=O) groups is 1. The number of oxazole rings is 1. The minimum absolute atomic E-state index is 0.0615. The van der Waals surface area contributed by atoms with Gasteiger partial charge in [0.05, 0.1) is 5.56 Å². The van der Waals surface area contributed by atoms with Crippen LogP contribution in [0.5, 0.6) is 5.75 Å². The van der Waals surface area contributed by atoms with Gasteiger partial charge in [-0.2, -0.15) is 0 Å². The van der Waals surface area contributed by atoms with Crippen molar-refractivity contribution >= 4 is 23.0 Å². The Morgan fingerprint density at radius 1 is 0.842 bits per heavy atom. The van der Waals surface area contributed by atoms with Crippen LogP contribution in [0.25, 0.3) is 11.5 Å². The van der Waals surface area contributed by atoms with E-state index in [4.69, 9.17) is 16.6 Å². The van der Waals surface area contributed by atoms with Crippen molar-refractivity contribution in [3.05, 3.63) is 108 Å². The van der Waals surface area contributed by atoms with E-state index in [0.29, 0.717) is 18.0 Å². The summed E-state index contributed by atoms with van der Waals surface area (Å²) in [5.41, 5.74) is 3.37. The van der Waals surface area contributed by atoms with E-state index in [1.54, 1.807) is 24.3 Å². The molecule has 0 atom stereocenters. The number of phenolic OH excluding ortho intramolecular Hbond substituents is 1. The van der Waals surface area contributed by atoms with Gasteiger partial charge in [0.15, 0.2) is 5.69 Å². The molecule has 6 heteroatoms. The second-order valence-electron chi connectivity index (χ2n) is 9.43. The van der Waals surface area contributed by atoms with Crippen molar-refractivity contribution in [3.63, 3.8) is 0 Å². The van der Waals surface area contributed by atoms with Crippen molar-refractivity contribution in [2.75, 3.05) is 6.54 Å². The van der Waals surface area contributed by atoms with Crippen LogP contribution >= 0.6 is 12.2 Å². The molecule has 196 valence electrons. The van der Waals surface area contributed by atoms with E-state index in [2.05, 4.69) is 71.0 Å². The molecule has 0 aliphatic heterocycles. The van der Waals surface area contributed by atoms with Crippen LogP contribution in [0.4, 0.5) is 0 Å². The maximum atomic E-state index is 12.4. The van der Waals surface area contributed by atoms with E-state index in [1.807, 2.05) is 0 Å². The first-order valence-electron chi connectivity index (χ1n) is 13.3. The number of hydrogen-bond donors (Lipinski definition) is 2. The highest BCUT2D eigenvalue weighted by atomic mass is 32.1. The monoisotopic (exact) mass is 526 g/mol. The third-order valence-electron chi connectivity index (χ3n) is 6.64. The van der Waals surface area contributed by atoms with Crippen LogP contribution in [-0.2, 0) is 0 Å². The maximum absolute atomic E-state index is 12.4. The standard InChI is InChI=1S/C32H34N2O3S/c35-30-21-10-9-19-28(30)32-34-29(23-37-32)31(36)33-22-11-3-8-17-26(38)18-12-20-27(24-13-4-1-5-14-24)25-15-6-2-7-16-25/h1-2,4-7,9-10,13-16,19,21,23,27,35H,3,8,11-12,17-18,20,22H2,(H,33,36). The summed E-state index contributed by atoms with van der Waals surface area (Å²) in [4.78, 5) is 17.7. The van der Waals surface area contributed by atoms with E-state index in [1.165, 1.54) is 17.4 Å². The van der Waals surface area contributed by atoms with Crippen molar-refractivity contribution in [1.29, 1.82) is 0 Å². The summed E-state index contributed by atoms with van der Waals surface area (Å²) in [7, 11) is 0. The number of hydrogen-bond acceptors (Lipinski definition) is 5. The highest BCUT2D eigenvalue weighted by molar-refractivity contribution is 7.80. The highest BCUT2D eigenvalue weighted by Crippen LogP contribution is 2.30. The number of thiocarbonyl (C=S) groups is 1.